The molecular formula is C17H20N2O3. The van der Waals surface area contributed by atoms with Crippen molar-refractivity contribution in [2.45, 2.75) is 26.9 Å². The average molecular weight is 300 g/mol. The van der Waals surface area contributed by atoms with Gasteiger partial charge in [-0.15, -0.1) is 0 Å². The van der Waals surface area contributed by atoms with Gasteiger partial charge in [-0.3, -0.25) is 4.79 Å². The van der Waals surface area contributed by atoms with Gasteiger partial charge in [-0.1, -0.05) is 57.2 Å². The van der Waals surface area contributed by atoms with Crippen molar-refractivity contribution >= 4 is 5.91 Å². The third kappa shape index (κ3) is 3.43. The number of carbonyl (C=O) groups excluding carboxylic acids is 1. The molecule has 1 aromatic carbocycles. The van der Waals surface area contributed by atoms with Crippen molar-refractivity contribution in [3.63, 3.8) is 0 Å². The van der Waals surface area contributed by atoms with Crippen LogP contribution in [-0.2, 0) is 4.79 Å². The number of pyridine rings is 1. The van der Waals surface area contributed by atoms with E-state index >= 15 is 0 Å². The quantitative estimate of drug-likeness (QED) is 0.836. The fraction of sp³-hybridized carbons (Fsp3) is 0.294. The highest BCUT2D eigenvalue weighted by Gasteiger charge is 2.21. The van der Waals surface area contributed by atoms with E-state index in [2.05, 4.69) is 4.99 Å². The summed E-state index contributed by atoms with van der Waals surface area (Å²) in [7, 11) is 0. The summed E-state index contributed by atoms with van der Waals surface area (Å²) in [6, 6.07) is 13.7. The summed E-state index contributed by atoms with van der Waals surface area (Å²) in [4.78, 5) is 15.9. The van der Waals surface area contributed by atoms with E-state index < -0.39 is 11.5 Å². The van der Waals surface area contributed by atoms with Gasteiger partial charge < -0.3 is 10.3 Å². The average Bonchev–Trinajstić information content (AvgIpc) is 2.48. The number of aliphatic hydroxyl groups excluding tert-OH is 1. The van der Waals surface area contributed by atoms with Crippen LogP contribution in [0.15, 0.2) is 53.5 Å². The molecule has 0 spiro atoms. The smallest absolute Gasteiger partial charge is 0.253 e. The summed E-state index contributed by atoms with van der Waals surface area (Å²) in [5, 5.41) is 20.6. The molecule has 22 heavy (non-hydrogen) atoms. The first-order valence-electron chi connectivity index (χ1n) is 7.04. The topological polar surface area (TPSA) is 74.8 Å². The Balaban J connectivity index is 2.47. The van der Waals surface area contributed by atoms with Crippen LogP contribution in [0.1, 0.15) is 38.1 Å². The minimum atomic E-state index is -1.01. The maximum absolute atomic E-state index is 12.0. The first-order valence-corrected chi connectivity index (χ1v) is 7.04. The second-order valence-corrected chi connectivity index (χ2v) is 6.10. The molecule has 0 radical (unpaired) electrons. The van der Waals surface area contributed by atoms with E-state index in [1.54, 1.807) is 57.2 Å². The van der Waals surface area contributed by atoms with Crippen LogP contribution in [0.25, 0.3) is 0 Å². The third-order valence-corrected chi connectivity index (χ3v) is 3.23. The lowest BCUT2D eigenvalue weighted by atomic mass is 9.96. The summed E-state index contributed by atoms with van der Waals surface area (Å²) >= 11 is 0. The molecular weight excluding hydrogens is 280 g/mol. The van der Waals surface area contributed by atoms with Gasteiger partial charge in [0.1, 0.15) is 6.10 Å². The largest absolute Gasteiger partial charge is 0.427 e. The van der Waals surface area contributed by atoms with Crippen molar-refractivity contribution in [1.82, 2.24) is 4.73 Å². The molecule has 1 unspecified atom stereocenters. The molecule has 5 heteroatoms. The molecule has 2 N–H and O–H groups in total. The Morgan fingerprint density at radius 1 is 1.09 bits per heavy atom. The molecule has 0 saturated carbocycles. The van der Waals surface area contributed by atoms with Crippen molar-refractivity contribution in [2.24, 2.45) is 10.4 Å². The van der Waals surface area contributed by atoms with E-state index in [1.165, 1.54) is 6.07 Å². The molecule has 2 aromatic rings. The molecule has 1 amide bonds. The molecule has 2 rings (SSSR count). The van der Waals surface area contributed by atoms with Gasteiger partial charge in [-0.2, -0.15) is 9.72 Å². The van der Waals surface area contributed by atoms with Gasteiger partial charge in [0.25, 0.3) is 5.91 Å². The summed E-state index contributed by atoms with van der Waals surface area (Å²) in [5.41, 5.74) is 0.340. The Morgan fingerprint density at radius 3 is 2.32 bits per heavy atom. The summed E-state index contributed by atoms with van der Waals surface area (Å²) in [6.07, 6.45) is -1.01. The number of aromatic nitrogens is 1. The lowest BCUT2D eigenvalue weighted by molar-refractivity contribution is -0.125. The van der Waals surface area contributed by atoms with E-state index in [4.69, 9.17) is 0 Å². The van der Waals surface area contributed by atoms with Crippen LogP contribution in [-0.4, -0.2) is 21.0 Å². The second-order valence-electron chi connectivity index (χ2n) is 6.10. The monoisotopic (exact) mass is 300 g/mol. The van der Waals surface area contributed by atoms with Crippen LogP contribution in [0.3, 0.4) is 0 Å². The van der Waals surface area contributed by atoms with Gasteiger partial charge in [-0.05, 0) is 17.7 Å². The molecule has 1 atom stereocenters. The molecule has 0 fully saturated rings. The number of hydrogen-bond donors (Lipinski definition) is 2. The zero-order valence-electron chi connectivity index (χ0n) is 12.9. The summed E-state index contributed by atoms with van der Waals surface area (Å²) < 4.78 is 0.751. The predicted molar refractivity (Wildman–Crippen MR) is 82.1 cm³/mol. The van der Waals surface area contributed by atoms with Crippen LogP contribution in [0.2, 0.25) is 0 Å². The zero-order chi connectivity index (χ0) is 16.3. The Bertz CT molecular complexity index is 728. The predicted octanol–water partition coefficient (Wildman–Crippen LogP) is 2.28. The van der Waals surface area contributed by atoms with Gasteiger partial charge >= 0.3 is 0 Å². The van der Waals surface area contributed by atoms with E-state index in [-0.39, 0.29) is 17.1 Å². The number of nitrogens with zero attached hydrogens (tertiary/aromatic N) is 2. The summed E-state index contributed by atoms with van der Waals surface area (Å²) in [6.45, 7) is 5.26. The Hall–Kier alpha value is -2.40. The van der Waals surface area contributed by atoms with Crippen molar-refractivity contribution in [3.8, 4) is 0 Å². The number of hydrogen-bond acceptors (Lipinski definition) is 3. The van der Waals surface area contributed by atoms with Gasteiger partial charge in [-0.25, -0.2) is 0 Å². The molecule has 1 heterocycles. The standard InChI is InChI=1S/C17H20N2O3/c1-17(2,3)16(21)18-14-11-7-10-13(19(14)22)15(20)12-8-5-4-6-9-12/h4-11,15,20,22H,1-3H3. The van der Waals surface area contributed by atoms with E-state index in [0.717, 1.165) is 4.73 Å². The number of rotatable bonds is 2. The molecule has 0 aliphatic heterocycles. The van der Waals surface area contributed by atoms with E-state index in [9.17, 15) is 15.1 Å². The number of amides is 1. The van der Waals surface area contributed by atoms with Crippen molar-refractivity contribution in [1.29, 1.82) is 0 Å². The Labute approximate surface area is 129 Å². The molecule has 116 valence electrons. The molecule has 0 aliphatic carbocycles. The zero-order valence-corrected chi connectivity index (χ0v) is 12.9. The van der Waals surface area contributed by atoms with Crippen molar-refractivity contribution in [2.75, 3.05) is 0 Å². The maximum atomic E-state index is 12.0. The summed E-state index contributed by atoms with van der Waals surface area (Å²) in [5.74, 6) is -0.346. The first kappa shape index (κ1) is 16.0. The number of carbonyl (C=O) groups is 1. The van der Waals surface area contributed by atoms with Gasteiger partial charge in [0.05, 0.1) is 5.69 Å². The highest BCUT2D eigenvalue weighted by Crippen LogP contribution is 2.20. The molecule has 1 aromatic heterocycles. The number of benzene rings is 1. The lowest BCUT2D eigenvalue weighted by Gasteiger charge is -2.15. The first-order chi connectivity index (χ1) is 10.3. The fourth-order valence-electron chi connectivity index (χ4n) is 1.88. The molecule has 5 nitrogen and oxygen atoms in total. The molecule has 0 saturated heterocycles. The van der Waals surface area contributed by atoms with E-state index in [1.807, 2.05) is 6.07 Å². The highest BCUT2D eigenvalue weighted by atomic mass is 16.5. The van der Waals surface area contributed by atoms with Crippen LogP contribution in [0.5, 0.6) is 0 Å². The molecule has 0 bridgehead atoms. The Morgan fingerprint density at radius 2 is 1.73 bits per heavy atom. The van der Waals surface area contributed by atoms with Gasteiger partial charge in [0, 0.05) is 5.41 Å². The van der Waals surface area contributed by atoms with Gasteiger partial charge in [0.2, 0.25) is 0 Å². The van der Waals surface area contributed by atoms with Gasteiger partial charge in [0.15, 0.2) is 5.49 Å². The fourth-order valence-corrected chi connectivity index (χ4v) is 1.88. The maximum Gasteiger partial charge on any atom is 0.253 e. The van der Waals surface area contributed by atoms with Crippen LogP contribution in [0.4, 0.5) is 0 Å². The van der Waals surface area contributed by atoms with Crippen molar-refractivity contribution in [3.05, 3.63) is 65.3 Å². The lowest BCUT2D eigenvalue weighted by Crippen LogP contribution is -2.28. The van der Waals surface area contributed by atoms with Crippen LogP contribution < -0.4 is 5.49 Å². The second kappa shape index (κ2) is 6.15. The SMILES string of the molecule is CC(C)(C)C(=O)N=c1cccc(C(O)c2ccccc2)n1O. The third-order valence-electron chi connectivity index (χ3n) is 3.23. The minimum Gasteiger partial charge on any atom is -0.427 e. The normalized spacial score (nSPS) is 13.9. The Kier molecular flexibility index (Phi) is 4.47. The van der Waals surface area contributed by atoms with E-state index in [0.29, 0.717) is 5.56 Å². The van der Waals surface area contributed by atoms with Crippen molar-refractivity contribution < 1.29 is 15.1 Å². The number of aliphatic hydroxyl groups is 1. The van der Waals surface area contributed by atoms with Crippen LogP contribution >= 0.6 is 0 Å². The molecule has 0 aliphatic rings. The minimum absolute atomic E-state index is 0.0902. The highest BCUT2D eigenvalue weighted by molar-refractivity contribution is 5.82. The van der Waals surface area contributed by atoms with Crippen LogP contribution in [0, 0.1) is 5.41 Å².